The predicted molar refractivity (Wildman–Crippen MR) is 155 cm³/mol. The summed E-state index contributed by atoms with van der Waals surface area (Å²) in [4.78, 5) is 38.6. The van der Waals surface area contributed by atoms with Crippen molar-refractivity contribution in [2.24, 2.45) is 0 Å². The molecule has 3 aromatic rings. The fourth-order valence-corrected chi connectivity index (χ4v) is 4.88. The van der Waals surface area contributed by atoms with Crippen LogP contribution in [0, 0.1) is 14.9 Å². The molecule has 1 heterocycles. The molecule has 0 aliphatic carbocycles. The maximum absolute atomic E-state index is 13.4. The Hall–Kier alpha value is -4.28. The van der Waals surface area contributed by atoms with Gasteiger partial charge < -0.3 is 14.6 Å². The van der Waals surface area contributed by atoms with Crippen molar-refractivity contribution in [2.45, 2.75) is 13.5 Å². The van der Waals surface area contributed by atoms with E-state index in [0.717, 1.165) is 10.5 Å². The van der Waals surface area contributed by atoms with Gasteiger partial charge in [-0.05, 0) is 89.8 Å². The molecule has 3 aromatic carbocycles. The van der Waals surface area contributed by atoms with Crippen LogP contribution >= 0.6 is 34.8 Å². The minimum Gasteiger partial charge on any atom is -0.490 e. The number of nitriles is 1. The van der Waals surface area contributed by atoms with E-state index in [0.29, 0.717) is 32.8 Å². The molecular formula is C28H20IN3O6S. The molecule has 9 nitrogen and oxygen atoms in total. The number of hydrogen-bond acceptors (Lipinski definition) is 7. The van der Waals surface area contributed by atoms with Crippen molar-refractivity contribution in [3.63, 3.8) is 0 Å². The van der Waals surface area contributed by atoms with Crippen LogP contribution in [0.1, 0.15) is 34.0 Å². The second-order valence-electron chi connectivity index (χ2n) is 8.13. The summed E-state index contributed by atoms with van der Waals surface area (Å²) >= 11 is 7.28. The Morgan fingerprint density at radius 1 is 1.15 bits per heavy atom. The number of carbonyl (C=O) groups excluding carboxylic acids is 2. The number of ether oxygens (including phenoxy) is 2. The number of rotatable bonds is 8. The second kappa shape index (κ2) is 12.1. The van der Waals surface area contributed by atoms with Crippen LogP contribution in [0.4, 0.5) is 5.69 Å². The van der Waals surface area contributed by atoms with Crippen molar-refractivity contribution >= 4 is 69.5 Å². The molecule has 0 unspecified atom stereocenters. The van der Waals surface area contributed by atoms with Crippen molar-refractivity contribution < 1.29 is 29.0 Å². The van der Waals surface area contributed by atoms with E-state index >= 15 is 0 Å². The van der Waals surface area contributed by atoms with Crippen LogP contribution in [-0.2, 0) is 16.2 Å². The fraction of sp³-hybridized carbons (Fsp3) is 0.107. The molecule has 2 amide bonds. The third-order valence-electron chi connectivity index (χ3n) is 5.61. The molecule has 11 heteroatoms. The van der Waals surface area contributed by atoms with Crippen LogP contribution in [0.5, 0.6) is 11.5 Å². The third-order valence-corrected chi connectivity index (χ3v) is 6.69. The second-order valence-corrected chi connectivity index (χ2v) is 9.68. The molecule has 1 aliphatic rings. The van der Waals surface area contributed by atoms with E-state index in [1.807, 2.05) is 13.0 Å². The van der Waals surface area contributed by atoms with Crippen LogP contribution in [0.15, 0.2) is 66.2 Å². The number of carboxylic acid groups (broad SMARTS) is 1. The van der Waals surface area contributed by atoms with E-state index in [9.17, 15) is 24.8 Å². The molecule has 1 aliphatic heterocycles. The van der Waals surface area contributed by atoms with Gasteiger partial charge in [0.25, 0.3) is 11.8 Å². The summed E-state index contributed by atoms with van der Waals surface area (Å²) in [5.74, 6) is -1.69. The Kier molecular flexibility index (Phi) is 8.58. The van der Waals surface area contributed by atoms with Gasteiger partial charge in [0.2, 0.25) is 0 Å². The molecule has 1 fully saturated rings. The van der Waals surface area contributed by atoms with Crippen molar-refractivity contribution in [1.29, 1.82) is 5.26 Å². The zero-order valence-electron chi connectivity index (χ0n) is 20.4. The molecule has 0 atom stereocenters. The average molecular weight is 653 g/mol. The van der Waals surface area contributed by atoms with Crippen LogP contribution in [-0.4, -0.2) is 34.6 Å². The lowest BCUT2D eigenvalue weighted by molar-refractivity contribution is -0.122. The fourth-order valence-electron chi connectivity index (χ4n) is 3.82. The molecular weight excluding hydrogens is 633 g/mol. The van der Waals surface area contributed by atoms with Crippen LogP contribution in [0.2, 0.25) is 0 Å². The summed E-state index contributed by atoms with van der Waals surface area (Å²) in [6, 6.07) is 18.3. The maximum atomic E-state index is 13.4. The minimum atomic E-state index is -1.16. The first kappa shape index (κ1) is 27.7. The van der Waals surface area contributed by atoms with Gasteiger partial charge in [0.05, 0.1) is 33.1 Å². The standard InChI is InChI=1S/C28H20IN3O6S/c1-2-37-23-12-16(11-22(29)24(23)38-15-19-7-4-3-6-18(19)14-30)10-21-25(33)31-28(39)32(26(21)34)20-9-5-8-17(13-20)27(35)36/h3-13H,2,15H2,1H3,(H,35,36)(H,31,33,39). The van der Waals surface area contributed by atoms with Crippen molar-refractivity contribution in [3.8, 4) is 17.6 Å². The summed E-state index contributed by atoms with van der Waals surface area (Å²) in [5.41, 5.74) is 1.70. The van der Waals surface area contributed by atoms with Gasteiger partial charge in [-0.25, -0.2) is 4.79 Å². The minimum absolute atomic E-state index is 0.0329. The topological polar surface area (TPSA) is 129 Å². The predicted octanol–water partition coefficient (Wildman–Crippen LogP) is 4.67. The van der Waals surface area contributed by atoms with Gasteiger partial charge in [-0.3, -0.25) is 19.8 Å². The summed E-state index contributed by atoms with van der Waals surface area (Å²) in [5, 5.41) is 21.0. The number of aromatic carboxylic acids is 1. The number of anilines is 1. The van der Waals surface area contributed by atoms with Gasteiger partial charge in [-0.1, -0.05) is 24.3 Å². The van der Waals surface area contributed by atoms with Gasteiger partial charge in [0, 0.05) is 5.56 Å². The summed E-state index contributed by atoms with van der Waals surface area (Å²) < 4.78 is 12.5. The Morgan fingerprint density at radius 2 is 1.92 bits per heavy atom. The summed E-state index contributed by atoms with van der Waals surface area (Å²) in [7, 11) is 0. The SMILES string of the molecule is CCOc1cc(C=C2C(=O)NC(=S)N(c3cccc(C(=O)O)c3)C2=O)cc(I)c1OCc1ccccc1C#N. The zero-order chi connectivity index (χ0) is 28.1. The van der Waals surface area contributed by atoms with Gasteiger partial charge in [0.15, 0.2) is 16.6 Å². The Balaban J connectivity index is 1.68. The molecule has 1 saturated heterocycles. The number of nitrogens with zero attached hydrogens (tertiary/aromatic N) is 2. The summed E-state index contributed by atoms with van der Waals surface area (Å²) in [6.07, 6.45) is 1.41. The van der Waals surface area contributed by atoms with E-state index in [-0.39, 0.29) is 28.5 Å². The first-order valence-corrected chi connectivity index (χ1v) is 13.0. The number of hydrogen-bond donors (Lipinski definition) is 2. The normalized spacial score (nSPS) is 14.1. The molecule has 0 bridgehead atoms. The zero-order valence-corrected chi connectivity index (χ0v) is 23.4. The molecule has 2 N–H and O–H groups in total. The number of amides is 2. The Labute approximate surface area is 242 Å². The first-order valence-electron chi connectivity index (χ1n) is 11.6. The van der Waals surface area contributed by atoms with E-state index in [1.165, 1.54) is 30.3 Å². The van der Waals surface area contributed by atoms with E-state index in [2.05, 4.69) is 34.0 Å². The van der Waals surface area contributed by atoms with E-state index < -0.39 is 17.8 Å². The molecule has 0 spiro atoms. The highest BCUT2D eigenvalue weighted by Crippen LogP contribution is 2.36. The molecule has 196 valence electrons. The number of carboxylic acids is 1. The number of benzene rings is 3. The monoisotopic (exact) mass is 653 g/mol. The van der Waals surface area contributed by atoms with Crippen LogP contribution in [0.25, 0.3) is 6.08 Å². The molecule has 39 heavy (non-hydrogen) atoms. The third kappa shape index (κ3) is 6.08. The van der Waals surface area contributed by atoms with Crippen molar-refractivity contribution in [2.75, 3.05) is 11.5 Å². The lowest BCUT2D eigenvalue weighted by Crippen LogP contribution is -2.54. The van der Waals surface area contributed by atoms with Gasteiger partial charge in [-0.2, -0.15) is 5.26 Å². The van der Waals surface area contributed by atoms with E-state index in [4.69, 9.17) is 21.7 Å². The highest BCUT2D eigenvalue weighted by atomic mass is 127. The highest BCUT2D eigenvalue weighted by Gasteiger charge is 2.35. The lowest BCUT2D eigenvalue weighted by Gasteiger charge is -2.29. The van der Waals surface area contributed by atoms with Gasteiger partial charge >= 0.3 is 5.97 Å². The molecule has 0 aromatic heterocycles. The van der Waals surface area contributed by atoms with E-state index in [1.54, 1.807) is 30.3 Å². The summed E-state index contributed by atoms with van der Waals surface area (Å²) in [6.45, 7) is 2.29. The van der Waals surface area contributed by atoms with Gasteiger partial charge in [-0.15, -0.1) is 0 Å². The lowest BCUT2D eigenvalue weighted by atomic mass is 10.1. The Bertz CT molecular complexity index is 1580. The van der Waals surface area contributed by atoms with Gasteiger partial charge in [0.1, 0.15) is 12.2 Å². The number of carbonyl (C=O) groups is 3. The first-order chi connectivity index (χ1) is 18.7. The molecule has 0 radical (unpaired) electrons. The average Bonchev–Trinajstić information content (AvgIpc) is 2.91. The van der Waals surface area contributed by atoms with Crippen LogP contribution < -0.4 is 19.7 Å². The largest absolute Gasteiger partial charge is 0.490 e. The van der Waals surface area contributed by atoms with Crippen LogP contribution in [0.3, 0.4) is 0 Å². The maximum Gasteiger partial charge on any atom is 0.335 e. The Morgan fingerprint density at radius 3 is 2.64 bits per heavy atom. The smallest absolute Gasteiger partial charge is 0.335 e. The highest BCUT2D eigenvalue weighted by molar-refractivity contribution is 14.1. The van der Waals surface area contributed by atoms with Crippen molar-refractivity contribution in [3.05, 3.63) is 92.1 Å². The quantitative estimate of drug-likeness (QED) is 0.155. The molecule has 4 rings (SSSR count). The molecule has 0 saturated carbocycles. The number of halogens is 1. The van der Waals surface area contributed by atoms with Crippen molar-refractivity contribution in [1.82, 2.24) is 5.32 Å². The number of thiocarbonyl (C=S) groups is 1. The number of nitrogens with one attached hydrogen (secondary N) is 1.